The Kier molecular flexibility index (Phi) is 4.08. The molecule has 1 aromatic carbocycles. The number of hydrogen-bond acceptors (Lipinski definition) is 3. The van der Waals surface area contributed by atoms with Crippen LogP contribution in [0, 0.1) is 0 Å². The summed E-state index contributed by atoms with van der Waals surface area (Å²) in [6, 6.07) is 7.64. The Labute approximate surface area is 116 Å². The van der Waals surface area contributed by atoms with Crippen LogP contribution < -0.4 is 0 Å². The van der Waals surface area contributed by atoms with E-state index in [1.54, 1.807) is 0 Å². The Balaban J connectivity index is 1.98. The zero-order valence-corrected chi connectivity index (χ0v) is 10.8. The fraction of sp³-hybridized carbons (Fsp3) is 0.154. The standard InChI is InChI=1S/C13H9F3O3S/c14-13(15,16)9-3-1-8(2-4-9)7-20-11-6-5-10(19-11)12(17)18/h1-6H,7H2,(H,17,18). The van der Waals surface area contributed by atoms with Gasteiger partial charge in [-0.2, -0.15) is 13.2 Å². The number of alkyl halides is 3. The van der Waals surface area contributed by atoms with Crippen molar-refractivity contribution in [3.63, 3.8) is 0 Å². The quantitative estimate of drug-likeness (QED) is 0.856. The van der Waals surface area contributed by atoms with Gasteiger partial charge in [0.15, 0.2) is 5.09 Å². The van der Waals surface area contributed by atoms with Crippen molar-refractivity contribution in [2.75, 3.05) is 0 Å². The Hall–Kier alpha value is -1.89. The number of halogens is 3. The number of aromatic carboxylic acids is 1. The molecule has 0 spiro atoms. The Morgan fingerprint density at radius 2 is 1.80 bits per heavy atom. The number of furan rings is 1. The van der Waals surface area contributed by atoms with Crippen LogP contribution in [0.2, 0.25) is 0 Å². The summed E-state index contributed by atoms with van der Waals surface area (Å²) < 4.78 is 42.1. The van der Waals surface area contributed by atoms with E-state index in [2.05, 4.69) is 0 Å². The highest BCUT2D eigenvalue weighted by Crippen LogP contribution is 2.30. The average Bonchev–Trinajstić information content (AvgIpc) is 2.85. The Bertz CT molecular complexity index is 602. The molecule has 0 aliphatic heterocycles. The molecule has 0 aliphatic carbocycles. The summed E-state index contributed by atoms with van der Waals surface area (Å²) in [6.07, 6.45) is -4.34. The smallest absolute Gasteiger partial charge is 0.416 e. The molecule has 2 rings (SSSR count). The molecule has 0 atom stereocenters. The van der Waals surface area contributed by atoms with E-state index in [0.29, 0.717) is 16.4 Å². The first-order valence-electron chi connectivity index (χ1n) is 5.48. The van der Waals surface area contributed by atoms with Crippen LogP contribution in [0.4, 0.5) is 13.2 Å². The molecule has 1 N–H and O–H groups in total. The van der Waals surface area contributed by atoms with E-state index in [1.807, 2.05) is 0 Å². The molecule has 3 nitrogen and oxygen atoms in total. The highest BCUT2D eigenvalue weighted by atomic mass is 32.2. The maximum Gasteiger partial charge on any atom is 0.416 e. The van der Waals surface area contributed by atoms with E-state index in [4.69, 9.17) is 9.52 Å². The van der Waals surface area contributed by atoms with Crippen LogP contribution in [-0.4, -0.2) is 11.1 Å². The van der Waals surface area contributed by atoms with Gasteiger partial charge in [0, 0.05) is 5.75 Å². The van der Waals surface area contributed by atoms with Gasteiger partial charge in [0.1, 0.15) is 0 Å². The van der Waals surface area contributed by atoms with Gasteiger partial charge in [0.05, 0.1) is 5.56 Å². The molecule has 0 saturated carbocycles. The fourth-order valence-electron chi connectivity index (χ4n) is 1.46. The number of hydrogen-bond donors (Lipinski definition) is 1. The van der Waals surface area contributed by atoms with Crippen molar-refractivity contribution in [3.05, 3.63) is 53.3 Å². The van der Waals surface area contributed by atoms with Crippen molar-refractivity contribution in [2.45, 2.75) is 17.0 Å². The number of carboxylic acid groups (broad SMARTS) is 1. The van der Waals surface area contributed by atoms with Crippen LogP contribution in [0.5, 0.6) is 0 Å². The number of rotatable bonds is 4. The van der Waals surface area contributed by atoms with Crippen molar-refractivity contribution in [3.8, 4) is 0 Å². The highest BCUT2D eigenvalue weighted by Gasteiger charge is 2.29. The first-order valence-corrected chi connectivity index (χ1v) is 6.47. The zero-order chi connectivity index (χ0) is 14.8. The van der Waals surface area contributed by atoms with Gasteiger partial charge in [-0.25, -0.2) is 4.79 Å². The van der Waals surface area contributed by atoms with Crippen LogP contribution in [0.15, 0.2) is 45.9 Å². The molecule has 0 fully saturated rings. The largest absolute Gasteiger partial charge is 0.475 e. The molecule has 0 saturated heterocycles. The third-order valence-corrected chi connectivity index (χ3v) is 3.44. The van der Waals surface area contributed by atoms with Crippen LogP contribution in [-0.2, 0) is 11.9 Å². The Morgan fingerprint density at radius 1 is 1.15 bits per heavy atom. The molecular weight excluding hydrogens is 293 g/mol. The molecule has 0 amide bonds. The van der Waals surface area contributed by atoms with Gasteiger partial charge < -0.3 is 9.52 Å². The third kappa shape index (κ3) is 3.57. The first kappa shape index (κ1) is 14.5. The van der Waals surface area contributed by atoms with E-state index in [-0.39, 0.29) is 5.76 Å². The maximum absolute atomic E-state index is 12.4. The predicted molar refractivity (Wildman–Crippen MR) is 66.7 cm³/mol. The second-order valence-corrected chi connectivity index (χ2v) is 4.89. The summed E-state index contributed by atoms with van der Waals surface area (Å²) in [4.78, 5) is 10.6. The summed E-state index contributed by atoms with van der Waals surface area (Å²) in [5.74, 6) is -0.934. The van der Waals surface area contributed by atoms with E-state index in [9.17, 15) is 18.0 Å². The lowest BCUT2D eigenvalue weighted by atomic mass is 10.1. The summed E-state index contributed by atoms with van der Waals surface area (Å²) in [5, 5.41) is 9.09. The lowest BCUT2D eigenvalue weighted by Gasteiger charge is -2.07. The second kappa shape index (κ2) is 5.62. The topological polar surface area (TPSA) is 50.4 Å². The summed E-state index contributed by atoms with van der Waals surface area (Å²) in [6.45, 7) is 0. The van der Waals surface area contributed by atoms with Gasteiger partial charge in [-0.05, 0) is 29.8 Å². The van der Waals surface area contributed by atoms with Crippen molar-refractivity contribution in [1.82, 2.24) is 0 Å². The van der Waals surface area contributed by atoms with E-state index in [0.717, 1.165) is 12.1 Å². The van der Waals surface area contributed by atoms with Crippen molar-refractivity contribution >= 4 is 17.7 Å². The minimum absolute atomic E-state index is 0.167. The number of thioether (sulfide) groups is 1. The lowest BCUT2D eigenvalue weighted by Crippen LogP contribution is -2.04. The van der Waals surface area contributed by atoms with Crippen LogP contribution in [0.25, 0.3) is 0 Å². The minimum atomic E-state index is -4.34. The monoisotopic (exact) mass is 302 g/mol. The van der Waals surface area contributed by atoms with Gasteiger partial charge >= 0.3 is 12.1 Å². The molecule has 0 unspecified atom stereocenters. The zero-order valence-electron chi connectivity index (χ0n) is 9.98. The van der Waals surface area contributed by atoms with Gasteiger partial charge in [-0.3, -0.25) is 0 Å². The lowest BCUT2D eigenvalue weighted by molar-refractivity contribution is -0.137. The van der Waals surface area contributed by atoms with Crippen molar-refractivity contribution < 1.29 is 27.5 Å². The molecule has 1 aromatic heterocycles. The normalized spacial score (nSPS) is 11.6. The molecule has 106 valence electrons. The maximum atomic E-state index is 12.4. The molecule has 0 bridgehead atoms. The highest BCUT2D eigenvalue weighted by molar-refractivity contribution is 7.98. The molecule has 1 heterocycles. The number of benzene rings is 1. The molecule has 7 heteroatoms. The Morgan fingerprint density at radius 3 is 2.30 bits per heavy atom. The average molecular weight is 302 g/mol. The molecule has 2 aromatic rings. The summed E-state index contributed by atoms with van der Waals surface area (Å²) in [5.41, 5.74) is -0.00585. The van der Waals surface area contributed by atoms with E-state index >= 15 is 0 Å². The second-order valence-electron chi connectivity index (χ2n) is 3.91. The van der Waals surface area contributed by atoms with Crippen LogP contribution in [0.3, 0.4) is 0 Å². The molecule has 0 aliphatic rings. The SMILES string of the molecule is O=C(O)c1ccc(SCc2ccc(C(F)(F)F)cc2)o1. The predicted octanol–water partition coefficient (Wildman–Crippen LogP) is 4.29. The van der Waals surface area contributed by atoms with Gasteiger partial charge in [-0.15, -0.1) is 0 Å². The number of carbonyl (C=O) groups is 1. The van der Waals surface area contributed by atoms with Gasteiger partial charge in [0.25, 0.3) is 0 Å². The summed E-state index contributed by atoms with van der Waals surface area (Å²) in [7, 11) is 0. The first-order chi connectivity index (χ1) is 9.36. The number of carboxylic acids is 1. The third-order valence-electron chi connectivity index (χ3n) is 2.45. The molecule has 0 radical (unpaired) electrons. The van der Waals surface area contributed by atoms with Gasteiger partial charge in [0.2, 0.25) is 5.76 Å². The van der Waals surface area contributed by atoms with E-state index in [1.165, 1.54) is 36.0 Å². The van der Waals surface area contributed by atoms with Crippen LogP contribution in [0.1, 0.15) is 21.7 Å². The minimum Gasteiger partial charge on any atom is -0.475 e. The fourth-order valence-corrected chi connectivity index (χ4v) is 2.27. The van der Waals surface area contributed by atoms with Crippen molar-refractivity contribution in [1.29, 1.82) is 0 Å². The summed E-state index contributed by atoms with van der Waals surface area (Å²) >= 11 is 1.21. The van der Waals surface area contributed by atoms with Crippen molar-refractivity contribution in [2.24, 2.45) is 0 Å². The van der Waals surface area contributed by atoms with Gasteiger partial charge in [-0.1, -0.05) is 23.9 Å². The molecule has 20 heavy (non-hydrogen) atoms. The van der Waals surface area contributed by atoms with Crippen LogP contribution >= 0.6 is 11.8 Å². The molecular formula is C13H9F3O3S. The van der Waals surface area contributed by atoms with E-state index < -0.39 is 17.7 Å².